The van der Waals surface area contributed by atoms with E-state index in [-0.39, 0.29) is 5.82 Å². The van der Waals surface area contributed by atoms with Gasteiger partial charge in [-0.2, -0.15) is 0 Å². The fourth-order valence-electron chi connectivity index (χ4n) is 0.450. The molecule has 0 radical (unpaired) electrons. The first-order valence-corrected chi connectivity index (χ1v) is 2.46. The van der Waals surface area contributed by atoms with E-state index in [0.29, 0.717) is 0 Å². The van der Waals surface area contributed by atoms with Crippen LogP contribution in [0.1, 0.15) is 0 Å². The van der Waals surface area contributed by atoms with Gasteiger partial charge in [0.25, 0.3) is 0 Å². The summed E-state index contributed by atoms with van der Waals surface area (Å²) in [5.41, 5.74) is 1.88. The van der Waals surface area contributed by atoms with Crippen LogP contribution in [0.25, 0.3) is 0 Å². The van der Waals surface area contributed by atoms with Gasteiger partial charge in [-0.25, -0.2) is 20.1 Å². The van der Waals surface area contributed by atoms with Crippen molar-refractivity contribution in [2.24, 2.45) is 0 Å². The lowest BCUT2D eigenvalue weighted by molar-refractivity contribution is -0.445. The second kappa shape index (κ2) is 2.72. The number of hydrogen-bond donors (Lipinski definition) is 1. The van der Waals surface area contributed by atoms with Gasteiger partial charge in [-0.1, -0.05) is 5.43 Å². The molecule has 0 amide bonds. The Morgan fingerprint density at radius 2 is 2.50 bits per heavy atom. The zero-order chi connectivity index (χ0) is 7.40. The summed E-state index contributed by atoms with van der Waals surface area (Å²) in [7, 11) is 0. The normalized spacial score (nSPS) is 8.80. The number of nitrogens with one attached hydrogen (secondary N) is 1. The quantitative estimate of drug-likeness (QED) is 0.464. The average molecular weight is 140 g/mol. The van der Waals surface area contributed by atoms with E-state index in [0.717, 1.165) is 0 Å². The number of hydrazine groups is 1. The van der Waals surface area contributed by atoms with Crippen molar-refractivity contribution in [3.63, 3.8) is 0 Å². The molecule has 1 aromatic heterocycles. The monoisotopic (exact) mass is 140 g/mol. The van der Waals surface area contributed by atoms with Gasteiger partial charge in [0.15, 0.2) is 10.9 Å². The maximum absolute atomic E-state index is 9.80. The number of aromatic nitrogens is 2. The van der Waals surface area contributed by atoms with Gasteiger partial charge >= 0.3 is 0 Å². The van der Waals surface area contributed by atoms with Crippen molar-refractivity contribution >= 4 is 5.82 Å². The highest BCUT2D eigenvalue weighted by molar-refractivity contribution is 5.27. The third-order valence-corrected chi connectivity index (χ3v) is 0.788. The molecule has 10 heavy (non-hydrogen) atoms. The minimum atomic E-state index is -0.678. The molecule has 1 N–H and O–H groups in total. The van der Waals surface area contributed by atoms with Crippen molar-refractivity contribution in [3.8, 4) is 0 Å². The summed E-state index contributed by atoms with van der Waals surface area (Å²) in [5.74, 6) is 0.181. The lowest BCUT2D eigenvalue weighted by Crippen LogP contribution is -2.08. The molecule has 0 atom stereocenters. The number of anilines is 1. The van der Waals surface area contributed by atoms with E-state index < -0.39 is 5.03 Å². The molecule has 0 saturated carbocycles. The second-order valence-electron chi connectivity index (χ2n) is 1.46. The standard InChI is InChI=1S/C4H4N4O2/c9-8(10)7-4-1-2-5-3-6-4/h1-3H,(H,5,6,7). The Hall–Kier alpha value is -1.72. The number of nitro groups is 1. The zero-order valence-electron chi connectivity index (χ0n) is 4.89. The van der Waals surface area contributed by atoms with Crippen molar-refractivity contribution in [3.05, 3.63) is 28.7 Å². The molecule has 0 aliphatic rings. The molecule has 1 heterocycles. The van der Waals surface area contributed by atoms with E-state index in [1.165, 1.54) is 18.6 Å². The molecule has 0 fully saturated rings. The van der Waals surface area contributed by atoms with Crippen LogP contribution in [0.15, 0.2) is 18.6 Å². The predicted octanol–water partition coefficient (Wildman–Crippen LogP) is 0.0802. The van der Waals surface area contributed by atoms with Crippen LogP contribution in [0.3, 0.4) is 0 Å². The summed E-state index contributed by atoms with van der Waals surface area (Å²) in [5, 5.41) is 9.12. The molecule has 1 aromatic rings. The Labute approximate surface area is 56.0 Å². The van der Waals surface area contributed by atoms with E-state index in [9.17, 15) is 10.1 Å². The molecule has 1 rings (SSSR count). The van der Waals surface area contributed by atoms with Gasteiger partial charge < -0.3 is 0 Å². The molecule has 52 valence electrons. The largest absolute Gasteiger partial charge is 0.245 e. The Balaban J connectivity index is 2.67. The van der Waals surface area contributed by atoms with Crippen LogP contribution in [-0.4, -0.2) is 15.0 Å². The van der Waals surface area contributed by atoms with Crippen molar-refractivity contribution in [2.45, 2.75) is 0 Å². The van der Waals surface area contributed by atoms with E-state index in [4.69, 9.17) is 0 Å². The van der Waals surface area contributed by atoms with Gasteiger partial charge in [0.05, 0.1) is 0 Å². The van der Waals surface area contributed by atoms with Crippen molar-refractivity contribution in [1.82, 2.24) is 9.97 Å². The molecule has 6 nitrogen and oxygen atoms in total. The number of rotatable bonds is 2. The molecule has 0 bridgehead atoms. The Morgan fingerprint density at radius 3 is 3.00 bits per heavy atom. The first kappa shape index (κ1) is 6.40. The summed E-state index contributed by atoms with van der Waals surface area (Å²) in [4.78, 5) is 16.9. The maximum Gasteiger partial charge on any atom is 0.193 e. The third kappa shape index (κ3) is 1.66. The Morgan fingerprint density at radius 1 is 1.70 bits per heavy atom. The van der Waals surface area contributed by atoms with Gasteiger partial charge in [-0.3, -0.25) is 0 Å². The van der Waals surface area contributed by atoms with Crippen LogP contribution in [0, 0.1) is 10.1 Å². The van der Waals surface area contributed by atoms with Crippen LogP contribution in [0.2, 0.25) is 0 Å². The van der Waals surface area contributed by atoms with Crippen molar-refractivity contribution < 1.29 is 5.03 Å². The lowest BCUT2D eigenvalue weighted by atomic mass is 10.6. The van der Waals surface area contributed by atoms with Crippen LogP contribution in [-0.2, 0) is 0 Å². The molecular weight excluding hydrogens is 136 g/mol. The van der Waals surface area contributed by atoms with E-state index in [1.54, 1.807) is 0 Å². The SMILES string of the molecule is O=[N+]([O-])Nc1ccncn1. The minimum absolute atomic E-state index is 0.181. The van der Waals surface area contributed by atoms with Crippen LogP contribution < -0.4 is 5.43 Å². The van der Waals surface area contributed by atoms with Gasteiger partial charge in [-0.05, 0) is 0 Å². The fourth-order valence-corrected chi connectivity index (χ4v) is 0.450. The van der Waals surface area contributed by atoms with E-state index in [1.807, 2.05) is 5.43 Å². The summed E-state index contributed by atoms with van der Waals surface area (Å²) < 4.78 is 0. The summed E-state index contributed by atoms with van der Waals surface area (Å²) >= 11 is 0. The second-order valence-corrected chi connectivity index (χ2v) is 1.46. The highest BCUT2D eigenvalue weighted by Gasteiger charge is 1.96. The van der Waals surface area contributed by atoms with Gasteiger partial charge in [0.2, 0.25) is 0 Å². The summed E-state index contributed by atoms with van der Waals surface area (Å²) in [6, 6.07) is 1.41. The van der Waals surface area contributed by atoms with Gasteiger partial charge in [0, 0.05) is 12.3 Å². The van der Waals surface area contributed by atoms with E-state index >= 15 is 0 Å². The molecule has 0 aromatic carbocycles. The minimum Gasteiger partial charge on any atom is -0.245 e. The Kier molecular flexibility index (Phi) is 1.74. The summed E-state index contributed by atoms with van der Waals surface area (Å²) in [6.07, 6.45) is 2.64. The lowest BCUT2D eigenvalue weighted by Gasteiger charge is -1.91. The first-order chi connectivity index (χ1) is 4.79. The zero-order valence-corrected chi connectivity index (χ0v) is 4.89. The smallest absolute Gasteiger partial charge is 0.193 e. The predicted molar refractivity (Wildman–Crippen MR) is 32.6 cm³/mol. The third-order valence-electron chi connectivity index (χ3n) is 0.788. The average Bonchev–Trinajstić information content (AvgIpc) is 1.88. The molecule has 0 unspecified atom stereocenters. The first-order valence-electron chi connectivity index (χ1n) is 2.46. The van der Waals surface area contributed by atoms with Crippen molar-refractivity contribution in [1.29, 1.82) is 0 Å². The molecule has 0 aliphatic carbocycles. The molecule has 6 heteroatoms. The van der Waals surface area contributed by atoms with Crippen LogP contribution in [0.4, 0.5) is 5.82 Å². The topological polar surface area (TPSA) is 81.0 Å². The van der Waals surface area contributed by atoms with E-state index in [2.05, 4.69) is 9.97 Å². The van der Waals surface area contributed by atoms with Crippen LogP contribution in [0.5, 0.6) is 0 Å². The summed E-state index contributed by atoms with van der Waals surface area (Å²) in [6.45, 7) is 0. The van der Waals surface area contributed by atoms with Crippen molar-refractivity contribution in [2.75, 3.05) is 5.43 Å². The fraction of sp³-hybridized carbons (Fsp3) is 0. The van der Waals surface area contributed by atoms with Crippen LogP contribution >= 0.6 is 0 Å². The molecule has 0 aliphatic heterocycles. The highest BCUT2D eigenvalue weighted by atomic mass is 16.7. The molecule has 0 saturated heterocycles. The maximum atomic E-state index is 9.80. The Bertz CT molecular complexity index is 224. The van der Waals surface area contributed by atoms with Gasteiger partial charge in [0.1, 0.15) is 6.33 Å². The highest BCUT2D eigenvalue weighted by Crippen LogP contribution is 1.95. The molecular formula is C4H4N4O2. The number of nitrogens with zero attached hydrogens (tertiary/aromatic N) is 3. The molecule has 0 spiro atoms. The number of hydrogen-bond acceptors (Lipinski definition) is 4. The van der Waals surface area contributed by atoms with Gasteiger partial charge in [-0.15, -0.1) is 0 Å².